The Morgan fingerprint density at radius 3 is 2.83 bits per heavy atom. The zero-order valence-corrected chi connectivity index (χ0v) is 13.8. The quantitative estimate of drug-likeness (QED) is 0.722. The molecule has 0 unspecified atom stereocenters. The summed E-state index contributed by atoms with van der Waals surface area (Å²) in [5.41, 5.74) is 1.66. The lowest BCUT2D eigenvalue weighted by Gasteiger charge is -2.07. The van der Waals surface area contributed by atoms with Gasteiger partial charge in [-0.2, -0.15) is 0 Å². The number of aryl methyl sites for hydroxylation is 1. The largest absolute Gasteiger partial charge is 0.381 e. The van der Waals surface area contributed by atoms with Crippen molar-refractivity contribution in [3.05, 3.63) is 35.5 Å². The molecule has 0 atom stereocenters. The lowest BCUT2D eigenvalue weighted by atomic mass is 10.2. The number of carbonyl (C=O) groups excluding carboxylic acids is 1. The number of imidazole rings is 1. The third-order valence-electron chi connectivity index (χ3n) is 3.60. The molecule has 0 aliphatic rings. The number of unbranched alkanes of at least 4 members (excludes halogenated alkanes) is 1. The van der Waals surface area contributed by atoms with Gasteiger partial charge < -0.3 is 10.1 Å². The molecule has 126 valence electrons. The van der Waals surface area contributed by atoms with Gasteiger partial charge in [0.1, 0.15) is 17.2 Å². The minimum atomic E-state index is -0.393. The highest BCUT2D eigenvalue weighted by Gasteiger charge is 2.18. The Balaban J connectivity index is 1.96. The Hall–Kier alpha value is -1.95. The summed E-state index contributed by atoms with van der Waals surface area (Å²) in [5.74, 6) is -0.621. The second kappa shape index (κ2) is 8.62. The fourth-order valence-corrected chi connectivity index (χ4v) is 2.36. The first-order valence-electron chi connectivity index (χ1n) is 8.19. The lowest BCUT2D eigenvalue weighted by molar-refractivity contribution is 0.0933. The summed E-state index contributed by atoms with van der Waals surface area (Å²) >= 11 is 0. The predicted molar refractivity (Wildman–Crippen MR) is 87.2 cm³/mol. The van der Waals surface area contributed by atoms with Gasteiger partial charge in [0.25, 0.3) is 5.91 Å². The fourth-order valence-electron chi connectivity index (χ4n) is 2.36. The van der Waals surface area contributed by atoms with Crippen molar-refractivity contribution in [2.24, 2.45) is 0 Å². The average Bonchev–Trinajstić information content (AvgIpc) is 2.91. The van der Waals surface area contributed by atoms with E-state index in [0.29, 0.717) is 36.6 Å². The van der Waals surface area contributed by atoms with Crippen LogP contribution in [0.15, 0.2) is 18.3 Å². The number of fused-ring (bicyclic) bond motifs is 1. The standard InChI is InChI=1S/C17H24FN3O2/c1-3-5-10-23-11-6-9-19-17(22)16-14(4-2)20-15-8-7-13(18)12-21(15)16/h7-8,12H,3-6,9-11H2,1-2H3,(H,19,22). The zero-order valence-electron chi connectivity index (χ0n) is 13.8. The first kappa shape index (κ1) is 17.4. The van der Waals surface area contributed by atoms with E-state index in [9.17, 15) is 9.18 Å². The number of ether oxygens (including phenoxy) is 1. The minimum Gasteiger partial charge on any atom is -0.381 e. The molecule has 2 heterocycles. The van der Waals surface area contributed by atoms with Crippen molar-refractivity contribution >= 4 is 11.6 Å². The summed E-state index contributed by atoms with van der Waals surface area (Å²) < 4.78 is 20.4. The number of nitrogens with zero attached hydrogens (tertiary/aromatic N) is 2. The molecular weight excluding hydrogens is 297 g/mol. The van der Waals surface area contributed by atoms with Gasteiger partial charge >= 0.3 is 0 Å². The van der Waals surface area contributed by atoms with Crippen LogP contribution in [-0.4, -0.2) is 35.1 Å². The van der Waals surface area contributed by atoms with Crippen LogP contribution < -0.4 is 5.32 Å². The third-order valence-corrected chi connectivity index (χ3v) is 3.60. The molecule has 0 fully saturated rings. The van der Waals surface area contributed by atoms with Gasteiger partial charge in [-0.1, -0.05) is 20.3 Å². The Morgan fingerprint density at radius 2 is 2.09 bits per heavy atom. The number of nitrogens with one attached hydrogen (secondary N) is 1. The van der Waals surface area contributed by atoms with Crippen molar-refractivity contribution < 1.29 is 13.9 Å². The van der Waals surface area contributed by atoms with Crippen LogP contribution in [-0.2, 0) is 11.2 Å². The minimum absolute atomic E-state index is 0.228. The summed E-state index contributed by atoms with van der Waals surface area (Å²) in [6.45, 7) is 5.96. The molecule has 0 radical (unpaired) electrons. The molecule has 1 amide bonds. The van der Waals surface area contributed by atoms with Crippen LogP contribution in [0.5, 0.6) is 0 Å². The van der Waals surface area contributed by atoms with E-state index in [4.69, 9.17) is 4.74 Å². The molecule has 23 heavy (non-hydrogen) atoms. The highest BCUT2D eigenvalue weighted by molar-refractivity contribution is 5.94. The maximum absolute atomic E-state index is 13.5. The molecule has 5 nitrogen and oxygen atoms in total. The second-order valence-corrected chi connectivity index (χ2v) is 5.41. The van der Waals surface area contributed by atoms with Crippen molar-refractivity contribution in [3.63, 3.8) is 0 Å². The van der Waals surface area contributed by atoms with Gasteiger partial charge in [0.2, 0.25) is 0 Å². The number of hydrogen-bond donors (Lipinski definition) is 1. The molecule has 1 N–H and O–H groups in total. The van der Waals surface area contributed by atoms with Gasteiger partial charge in [-0.25, -0.2) is 9.37 Å². The molecule has 0 aliphatic carbocycles. The van der Waals surface area contributed by atoms with Crippen molar-refractivity contribution in [2.75, 3.05) is 19.8 Å². The second-order valence-electron chi connectivity index (χ2n) is 5.41. The van der Waals surface area contributed by atoms with Gasteiger partial charge in [0.15, 0.2) is 0 Å². The highest BCUT2D eigenvalue weighted by Crippen LogP contribution is 2.14. The molecule has 0 saturated heterocycles. The third kappa shape index (κ3) is 4.51. The number of aromatic nitrogens is 2. The average molecular weight is 321 g/mol. The van der Waals surface area contributed by atoms with E-state index in [2.05, 4.69) is 17.2 Å². The van der Waals surface area contributed by atoms with E-state index in [0.717, 1.165) is 25.9 Å². The van der Waals surface area contributed by atoms with Crippen LogP contribution in [0.1, 0.15) is 49.3 Å². The molecule has 6 heteroatoms. The van der Waals surface area contributed by atoms with Gasteiger partial charge in [-0.15, -0.1) is 0 Å². The number of hydrogen-bond acceptors (Lipinski definition) is 3. The van der Waals surface area contributed by atoms with Crippen LogP contribution in [0.3, 0.4) is 0 Å². The van der Waals surface area contributed by atoms with E-state index >= 15 is 0 Å². The molecule has 0 saturated carbocycles. The Morgan fingerprint density at radius 1 is 1.30 bits per heavy atom. The first-order chi connectivity index (χ1) is 11.2. The number of halogens is 1. The summed E-state index contributed by atoms with van der Waals surface area (Å²) in [5, 5.41) is 2.86. The van der Waals surface area contributed by atoms with Crippen LogP contribution in [0.2, 0.25) is 0 Å². The topological polar surface area (TPSA) is 55.6 Å². The van der Waals surface area contributed by atoms with E-state index in [1.54, 1.807) is 6.07 Å². The summed E-state index contributed by atoms with van der Waals surface area (Å²) in [4.78, 5) is 16.8. The Kier molecular flexibility index (Phi) is 6.52. The van der Waals surface area contributed by atoms with Crippen LogP contribution in [0, 0.1) is 5.82 Å². The molecular formula is C17H24FN3O2. The van der Waals surface area contributed by atoms with Crippen molar-refractivity contribution in [1.82, 2.24) is 14.7 Å². The number of rotatable bonds is 9. The van der Waals surface area contributed by atoms with Gasteiger partial charge in [-0.3, -0.25) is 9.20 Å². The van der Waals surface area contributed by atoms with Crippen molar-refractivity contribution in [1.29, 1.82) is 0 Å². The number of pyridine rings is 1. The molecule has 0 aliphatic heterocycles. The van der Waals surface area contributed by atoms with Crippen LogP contribution in [0.4, 0.5) is 4.39 Å². The molecule has 0 bridgehead atoms. The van der Waals surface area contributed by atoms with E-state index < -0.39 is 5.82 Å². The summed E-state index contributed by atoms with van der Waals surface area (Å²) in [7, 11) is 0. The monoisotopic (exact) mass is 321 g/mol. The fraction of sp³-hybridized carbons (Fsp3) is 0.529. The summed E-state index contributed by atoms with van der Waals surface area (Å²) in [6.07, 6.45) is 4.83. The number of amides is 1. The van der Waals surface area contributed by atoms with Gasteiger partial charge in [-0.05, 0) is 31.4 Å². The molecule has 2 rings (SSSR count). The van der Waals surface area contributed by atoms with E-state index in [1.165, 1.54) is 16.7 Å². The Labute approximate surface area is 135 Å². The smallest absolute Gasteiger partial charge is 0.270 e. The number of carbonyl (C=O) groups is 1. The molecule has 2 aromatic rings. The lowest BCUT2D eigenvalue weighted by Crippen LogP contribution is -2.27. The first-order valence-corrected chi connectivity index (χ1v) is 8.19. The molecule has 2 aromatic heterocycles. The SMILES string of the molecule is CCCCOCCCNC(=O)c1c(CC)nc2ccc(F)cn12. The maximum Gasteiger partial charge on any atom is 0.270 e. The van der Waals surface area contributed by atoms with Crippen molar-refractivity contribution in [3.8, 4) is 0 Å². The normalized spacial score (nSPS) is 11.1. The Bertz CT molecular complexity index is 655. The molecule has 0 spiro atoms. The van der Waals surface area contributed by atoms with Crippen LogP contribution in [0.25, 0.3) is 5.65 Å². The summed E-state index contributed by atoms with van der Waals surface area (Å²) in [6, 6.07) is 2.92. The highest BCUT2D eigenvalue weighted by atomic mass is 19.1. The van der Waals surface area contributed by atoms with Gasteiger partial charge in [0.05, 0.1) is 5.69 Å². The van der Waals surface area contributed by atoms with E-state index in [-0.39, 0.29) is 5.91 Å². The van der Waals surface area contributed by atoms with Crippen molar-refractivity contribution in [2.45, 2.75) is 39.5 Å². The van der Waals surface area contributed by atoms with E-state index in [1.807, 2.05) is 6.92 Å². The van der Waals surface area contributed by atoms with Gasteiger partial charge in [0, 0.05) is 26.0 Å². The predicted octanol–water partition coefficient (Wildman–Crippen LogP) is 2.97. The van der Waals surface area contributed by atoms with Crippen LogP contribution >= 0.6 is 0 Å². The zero-order chi connectivity index (χ0) is 16.7. The maximum atomic E-state index is 13.5. The molecule has 0 aromatic carbocycles.